The Kier molecular flexibility index (Phi) is 3.45. The van der Waals surface area contributed by atoms with Crippen LogP contribution in [0.3, 0.4) is 0 Å². The predicted molar refractivity (Wildman–Crippen MR) is 75.8 cm³/mol. The van der Waals surface area contributed by atoms with Crippen LogP contribution in [-0.4, -0.2) is 46.7 Å². The first kappa shape index (κ1) is 14.1. The van der Waals surface area contributed by atoms with E-state index in [1.807, 2.05) is 12.1 Å². The van der Waals surface area contributed by atoms with E-state index in [1.54, 1.807) is 24.0 Å². The van der Waals surface area contributed by atoms with Crippen molar-refractivity contribution in [2.24, 2.45) is 0 Å². The van der Waals surface area contributed by atoms with E-state index in [-0.39, 0.29) is 12.0 Å². The van der Waals surface area contributed by atoms with Crippen molar-refractivity contribution in [3.63, 3.8) is 0 Å². The normalized spacial score (nSPS) is 26.2. The van der Waals surface area contributed by atoms with Crippen LogP contribution in [0.15, 0.2) is 24.3 Å². The Morgan fingerprint density at radius 3 is 2.71 bits per heavy atom. The number of nitrogens with zero attached hydrogens (tertiary/aromatic N) is 1. The van der Waals surface area contributed by atoms with E-state index in [1.165, 1.54) is 0 Å². The predicted octanol–water partition coefficient (Wildman–Crippen LogP) is 1.14. The second-order valence-corrected chi connectivity index (χ2v) is 5.98. The molecule has 1 N–H and O–H groups in total. The van der Waals surface area contributed by atoms with Crippen molar-refractivity contribution in [1.82, 2.24) is 4.90 Å². The van der Waals surface area contributed by atoms with Crippen LogP contribution in [0.4, 0.5) is 0 Å². The lowest BCUT2D eigenvalue weighted by Gasteiger charge is -2.39. The zero-order chi connectivity index (χ0) is 15.0. The van der Waals surface area contributed by atoms with Crippen molar-refractivity contribution in [3.05, 3.63) is 35.4 Å². The smallest absolute Gasteiger partial charge is 0.339 e. The number of piperidine rings is 1. The Morgan fingerprint density at radius 1 is 1.33 bits per heavy atom. The van der Waals surface area contributed by atoms with E-state index in [0.29, 0.717) is 37.9 Å². The third kappa shape index (κ3) is 2.53. The number of fused-ring (bicyclic) bond motifs is 1. The molecule has 5 nitrogen and oxygen atoms in total. The molecule has 1 atom stereocenters. The Morgan fingerprint density at radius 2 is 2.00 bits per heavy atom. The third-order valence-electron chi connectivity index (χ3n) is 4.29. The fraction of sp³-hybridized carbons (Fsp3) is 0.500. The molecule has 0 saturated carbocycles. The molecule has 0 spiro atoms. The highest BCUT2D eigenvalue weighted by Crippen LogP contribution is 2.30. The minimum Gasteiger partial charge on any atom is -0.445 e. The average Bonchev–Trinajstić information content (AvgIpc) is 2.47. The van der Waals surface area contributed by atoms with Crippen LogP contribution in [-0.2, 0) is 16.0 Å². The maximum absolute atomic E-state index is 12.7. The standard InChI is InChI=1S/C16H19NO4/c1-16(15(20)17-8-6-12(18)7-9-17)10-11-4-2-3-5-13(11)14(19)21-16/h2-5,12,18H,6-10H2,1H3. The molecule has 1 aromatic rings. The molecule has 1 aromatic carbocycles. The summed E-state index contributed by atoms with van der Waals surface area (Å²) in [7, 11) is 0. The topological polar surface area (TPSA) is 66.8 Å². The lowest BCUT2D eigenvalue weighted by Crippen LogP contribution is -2.55. The molecule has 112 valence electrons. The minimum atomic E-state index is -1.15. The maximum Gasteiger partial charge on any atom is 0.339 e. The van der Waals surface area contributed by atoms with Crippen molar-refractivity contribution in [2.75, 3.05) is 13.1 Å². The summed E-state index contributed by atoms with van der Waals surface area (Å²) < 4.78 is 5.45. The van der Waals surface area contributed by atoms with Gasteiger partial charge in [0.05, 0.1) is 11.7 Å². The number of amides is 1. The number of rotatable bonds is 1. The van der Waals surface area contributed by atoms with Crippen LogP contribution in [0, 0.1) is 0 Å². The molecule has 2 heterocycles. The zero-order valence-electron chi connectivity index (χ0n) is 12.0. The summed E-state index contributed by atoms with van der Waals surface area (Å²) in [4.78, 5) is 26.5. The van der Waals surface area contributed by atoms with Gasteiger partial charge in [0, 0.05) is 19.5 Å². The van der Waals surface area contributed by atoms with Gasteiger partial charge in [-0.05, 0) is 31.4 Å². The van der Waals surface area contributed by atoms with E-state index in [9.17, 15) is 14.7 Å². The summed E-state index contributed by atoms with van der Waals surface area (Å²) in [5.41, 5.74) is 0.242. The molecule has 0 aromatic heterocycles. The van der Waals surface area contributed by atoms with Gasteiger partial charge in [-0.2, -0.15) is 0 Å². The highest BCUT2D eigenvalue weighted by molar-refractivity contribution is 5.97. The number of likely N-dealkylation sites (tertiary alicyclic amines) is 1. The zero-order valence-corrected chi connectivity index (χ0v) is 12.0. The molecule has 2 aliphatic heterocycles. The van der Waals surface area contributed by atoms with E-state index in [0.717, 1.165) is 5.56 Å². The molecule has 1 saturated heterocycles. The van der Waals surface area contributed by atoms with E-state index in [2.05, 4.69) is 0 Å². The molecule has 0 aliphatic carbocycles. The quantitative estimate of drug-likeness (QED) is 0.787. The third-order valence-corrected chi connectivity index (χ3v) is 4.29. The molecule has 5 heteroatoms. The van der Waals surface area contributed by atoms with Crippen LogP contribution in [0.5, 0.6) is 0 Å². The molecule has 2 aliphatic rings. The van der Waals surface area contributed by atoms with Crippen LogP contribution in [0.2, 0.25) is 0 Å². The Balaban J connectivity index is 1.82. The van der Waals surface area contributed by atoms with Crippen LogP contribution in [0.1, 0.15) is 35.7 Å². The fourth-order valence-corrected chi connectivity index (χ4v) is 3.06. The SMILES string of the molecule is CC1(C(=O)N2CCC(O)CC2)Cc2ccccc2C(=O)O1. The number of hydrogen-bond acceptors (Lipinski definition) is 4. The lowest BCUT2D eigenvalue weighted by molar-refractivity contribution is -0.153. The number of esters is 1. The fourth-order valence-electron chi connectivity index (χ4n) is 3.06. The van der Waals surface area contributed by atoms with Crippen LogP contribution >= 0.6 is 0 Å². The molecule has 0 bridgehead atoms. The second kappa shape index (κ2) is 5.15. The Bertz CT molecular complexity index is 577. The number of cyclic esters (lactones) is 1. The van der Waals surface area contributed by atoms with Gasteiger partial charge in [-0.3, -0.25) is 4.79 Å². The number of aliphatic hydroxyl groups excluding tert-OH is 1. The molecule has 1 unspecified atom stereocenters. The Labute approximate surface area is 123 Å². The van der Waals surface area contributed by atoms with Crippen molar-refractivity contribution >= 4 is 11.9 Å². The number of carbonyl (C=O) groups excluding carboxylic acids is 2. The number of carbonyl (C=O) groups is 2. The summed E-state index contributed by atoms with van der Waals surface area (Å²) in [6.45, 7) is 2.69. The number of benzene rings is 1. The van der Waals surface area contributed by atoms with Gasteiger partial charge in [0.25, 0.3) is 5.91 Å². The minimum absolute atomic E-state index is 0.169. The molecule has 0 radical (unpaired) electrons. The highest BCUT2D eigenvalue weighted by Gasteiger charge is 2.45. The summed E-state index contributed by atoms with van der Waals surface area (Å²) in [5.74, 6) is -0.609. The van der Waals surface area contributed by atoms with E-state index < -0.39 is 11.6 Å². The summed E-state index contributed by atoms with van der Waals surface area (Å²) in [6, 6.07) is 7.23. The first-order valence-corrected chi connectivity index (χ1v) is 7.28. The van der Waals surface area contributed by atoms with E-state index >= 15 is 0 Å². The summed E-state index contributed by atoms with van der Waals surface area (Å²) >= 11 is 0. The number of hydrogen-bond donors (Lipinski definition) is 1. The van der Waals surface area contributed by atoms with Gasteiger partial charge < -0.3 is 14.7 Å². The molecule has 1 fully saturated rings. The summed E-state index contributed by atoms with van der Waals surface area (Å²) in [5, 5.41) is 9.53. The molecule has 3 rings (SSSR count). The Hall–Kier alpha value is -1.88. The largest absolute Gasteiger partial charge is 0.445 e. The second-order valence-electron chi connectivity index (χ2n) is 5.98. The van der Waals surface area contributed by atoms with Crippen molar-refractivity contribution in [1.29, 1.82) is 0 Å². The van der Waals surface area contributed by atoms with Gasteiger partial charge in [-0.25, -0.2) is 4.79 Å². The van der Waals surface area contributed by atoms with Gasteiger partial charge in [0.15, 0.2) is 5.60 Å². The average molecular weight is 289 g/mol. The van der Waals surface area contributed by atoms with Gasteiger partial charge in [-0.1, -0.05) is 18.2 Å². The van der Waals surface area contributed by atoms with Crippen LogP contribution < -0.4 is 0 Å². The van der Waals surface area contributed by atoms with E-state index in [4.69, 9.17) is 4.74 Å². The van der Waals surface area contributed by atoms with Crippen LogP contribution in [0.25, 0.3) is 0 Å². The van der Waals surface area contributed by atoms with Crippen molar-refractivity contribution in [2.45, 2.75) is 37.9 Å². The lowest BCUT2D eigenvalue weighted by atomic mass is 9.88. The van der Waals surface area contributed by atoms with Gasteiger partial charge in [0.2, 0.25) is 0 Å². The molecular formula is C16H19NO4. The summed E-state index contributed by atoms with van der Waals surface area (Å²) in [6.07, 6.45) is 1.21. The molecule has 21 heavy (non-hydrogen) atoms. The van der Waals surface area contributed by atoms with Crippen molar-refractivity contribution < 1.29 is 19.4 Å². The maximum atomic E-state index is 12.7. The van der Waals surface area contributed by atoms with Gasteiger partial charge >= 0.3 is 5.97 Å². The number of ether oxygens (including phenoxy) is 1. The number of aliphatic hydroxyl groups is 1. The first-order chi connectivity index (χ1) is 9.99. The first-order valence-electron chi connectivity index (χ1n) is 7.28. The van der Waals surface area contributed by atoms with Gasteiger partial charge in [0.1, 0.15) is 0 Å². The highest BCUT2D eigenvalue weighted by atomic mass is 16.6. The molecular weight excluding hydrogens is 270 g/mol. The monoisotopic (exact) mass is 289 g/mol. The van der Waals surface area contributed by atoms with Gasteiger partial charge in [-0.15, -0.1) is 0 Å². The molecule has 1 amide bonds. The van der Waals surface area contributed by atoms with Crippen molar-refractivity contribution in [3.8, 4) is 0 Å².